The van der Waals surface area contributed by atoms with Gasteiger partial charge in [-0.05, 0) is 22.3 Å². The Kier molecular flexibility index (Phi) is 9.13. The highest BCUT2D eigenvalue weighted by atomic mass is 16.8. The summed E-state index contributed by atoms with van der Waals surface area (Å²) < 4.78 is 32.8. The number of hydrogen-bond donors (Lipinski definition) is 0. The molecule has 1 aliphatic carbocycles. The molecule has 4 aromatic rings. The summed E-state index contributed by atoms with van der Waals surface area (Å²) in [7, 11) is 0. The highest BCUT2D eigenvalue weighted by Gasteiger charge is 2.73. The van der Waals surface area contributed by atoms with E-state index in [0.29, 0.717) is 39.6 Å². The van der Waals surface area contributed by atoms with Gasteiger partial charge in [-0.3, -0.25) is 0 Å². The Balaban J connectivity index is 1.25. The van der Waals surface area contributed by atoms with Gasteiger partial charge in [-0.25, -0.2) is 0 Å². The van der Waals surface area contributed by atoms with Gasteiger partial charge in [0.05, 0.1) is 45.7 Å². The quantitative estimate of drug-likeness (QED) is 0.150. The summed E-state index contributed by atoms with van der Waals surface area (Å²) in [5.74, 6) is -0.850. The average Bonchev–Trinajstić information content (AvgIpc) is 3.76. The predicted octanol–water partition coefficient (Wildman–Crippen LogP) is 7.34. The molecule has 0 spiro atoms. The number of ether oxygens (including phenoxy) is 5. The second kappa shape index (κ2) is 13.3. The minimum atomic E-state index is -0.746. The van der Waals surface area contributed by atoms with Gasteiger partial charge in [-0.15, -0.1) is 0 Å². The molecular weight excluding hydrogens is 524 g/mol. The third-order valence-electron chi connectivity index (χ3n) is 8.69. The molecule has 1 saturated carbocycles. The molecule has 1 heterocycles. The van der Waals surface area contributed by atoms with Crippen molar-refractivity contribution in [2.24, 2.45) is 11.3 Å². The van der Waals surface area contributed by atoms with E-state index in [0.717, 1.165) is 28.7 Å². The monoisotopic (exact) mass is 564 g/mol. The summed E-state index contributed by atoms with van der Waals surface area (Å²) in [4.78, 5) is 0. The molecule has 1 saturated heterocycles. The molecule has 218 valence electrons. The molecule has 0 aromatic heterocycles. The standard InChI is InChI=1S/C37H40O5/c1-36(28-39-24-30-16-8-3-9-17-30)33(27-38-23-29-14-6-2-7-15-29)37(41-26-32-20-12-5-13-21-32)35(42-37)22-34(36)40-25-31-18-10-4-11-19-31/h2-21,33-35H,22-28H2,1H3/t33-,34+,35-,36+,37+/m1/s1. The Morgan fingerprint density at radius 2 is 1.10 bits per heavy atom. The molecule has 42 heavy (non-hydrogen) atoms. The van der Waals surface area contributed by atoms with E-state index in [-0.39, 0.29) is 18.1 Å². The molecule has 6 rings (SSSR count). The van der Waals surface area contributed by atoms with E-state index in [9.17, 15) is 0 Å². The van der Waals surface area contributed by atoms with E-state index in [1.54, 1.807) is 0 Å². The Labute approximate surface area is 249 Å². The van der Waals surface area contributed by atoms with Gasteiger partial charge in [0.15, 0.2) is 0 Å². The smallest absolute Gasteiger partial charge is 0.201 e. The van der Waals surface area contributed by atoms with Crippen LogP contribution in [0.3, 0.4) is 0 Å². The van der Waals surface area contributed by atoms with Crippen LogP contribution in [-0.2, 0) is 50.1 Å². The Bertz CT molecular complexity index is 1370. The Morgan fingerprint density at radius 1 is 0.619 bits per heavy atom. The maximum Gasteiger partial charge on any atom is 0.201 e. The van der Waals surface area contributed by atoms with Crippen LogP contribution in [0.15, 0.2) is 121 Å². The number of epoxide rings is 1. The minimum Gasteiger partial charge on any atom is -0.376 e. The van der Waals surface area contributed by atoms with E-state index in [1.807, 2.05) is 60.7 Å². The van der Waals surface area contributed by atoms with Crippen LogP contribution >= 0.6 is 0 Å². The SMILES string of the molecule is C[C@@]1(COCc2ccccc2)[C@@H](OCc2ccccc2)C[C@H]2O[C@@]2(OCc2ccccc2)[C@@H]1COCc1ccccc1. The number of rotatable bonds is 14. The van der Waals surface area contributed by atoms with Crippen molar-refractivity contribution in [1.29, 1.82) is 0 Å². The molecule has 5 atom stereocenters. The molecule has 2 fully saturated rings. The normalized spacial score (nSPS) is 26.5. The maximum atomic E-state index is 6.72. The van der Waals surface area contributed by atoms with Gasteiger partial charge in [-0.1, -0.05) is 128 Å². The van der Waals surface area contributed by atoms with Crippen molar-refractivity contribution in [2.45, 2.75) is 57.8 Å². The first-order chi connectivity index (χ1) is 20.7. The molecule has 5 heteroatoms. The third-order valence-corrected chi connectivity index (χ3v) is 8.69. The van der Waals surface area contributed by atoms with Crippen molar-refractivity contribution in [1.82, 2.24) is 0 Å². The maximum absolute atomic E-state index is 6.72. The molecular formula is C37H40O5. The fourth-order valence-corrected chi connectivity index (χ4v) is 6.21. The Hall–Kier alpha value is -3.32. The van der Waals surface area contributed by atoms with Crippen LogP contribution in [0, 0.1) is 11.3 Å². The summed E-state index contributed by atoms with van der Waals surface area (Å²) in [5, 5.41) is 0. The predicted molar refractivity (Wildman–Crippen MR) is 162 cm³/mol. The lowest BCUT2D eigenvalue weighted by molar-refractivity contribution is -0.207. The topological polar surface area (TPSA) is 49.5 Å². The fourth-order valence-electron chi connectivity index (χ4n) is 6.21. The second-order valence-electron chi connectivity index (χ2n) is 11.7. The summed E-state index contributed by atoms with van der Waals surface area (Å²) in [5.41, 5.74) is 4.13. The van der Waals surface area contributed by atoms with Gasteiger partial charge in [0.1, 0.15) is 6.10 Å². The van der Waals surface area contributed by atoms with Gasteiger partial charge < -0.3 is 23.7 Å². The van der Waals surface area contributed by atoms with Crippen molar-refractivity contribution < 1.29 is 23.7 Å². The molecule has 5 nitrogen and oxygen atoms in total. The van der Waals surface area contributed by atoms with Crippen LogP contribution in [-0.4, -0.2) is 31.2 Å². The number of benzene rings is 4. The van der Waals surface area contributed by atoms with Crippen LogP contribution in [0.1, 0.15) is 35.6 Å². The summed E-state index contributed by atoms with van der Waals surface area (Å²) in [6.45, 7) is 5.28. The van der Waals surface area contributed by atoms with Crippen molar-refractivity contribution in [3.63, 3.8) is 0 Å². The summed E-state index contributed by atoms with van der Waals surface area (Å²) in [6, 6.07) is 41.2. The van der Waals surface area contributed by atoms with E-state index < -0.39 is 11.2 Å². The molecule has 0 bridgehead atoms. The lowest BCUT2D eigenvalue weighted by Gasteiger charge is -2.48. The van der Waals surface area contributed by atoms with Gasteiger partial charge in [0, 0.05) is 17.8 Å². The zero-order chi connectivity index (χ0) is 28.7. The number of hydrogen-bond acceptors (Lipinski definition) is 5. The van der Waals surface area contributed by atoms with Crippen LogP contribution in [0.4, 0.5) is 0 Å². The fraction of sp³-hybridized carbons (Fsp3) is 0.351. The average molecular weight is 565 g/mol. The lowest BCUT2D eigenvalue weighted by Crippen LogP contribution is -2.57. The van der Waals surface area contributed by atoms with Crippen molar-refractivity contribution in [2.75, 3.05) is 13.2 Å². The van der Waals surface area contributed by atoms with Gasteiger partial charge in [0.25, 0.3) is 0 Å². The third kappa shape index (κ3) is 6.67. The van der Waals surface area contributed by atoms with E-state index in [4.69, 9.17) is 23.7 Å². The van der Waals surface area contributed by atoms with E-state index in [1.165, 1.54) is 0 Å². The lowest BCUT2D eigenvalue weighted by atomic mass is 9.64. The summed E-state index contributed by atoms with van der Waals surface area (Å²) >= 11 is 0. The molecule has 0 N–H and O–H groups in total. The van der Waals surface area contributed by atoms with E-state index >= 15 is 0 Å². The second-order valence-corrected chi connectivity index (χ2v) is 11.7. The van der Waals surface area contributed by atoms with Gasteiger partial charge >= 0.3 is 0 Å². The van der Waals surface area contributed by atoms with Crippen LogP contribution in [0.25, 0.3) is 0 Å². The van der Waals surface area contributed by atoms with Crippen LogP contribution in [0.2, 0.25) is 0 Å². The van der Waals surface area contributed by atoms with E-state index in [2.05, 4.69) is 67.6 Å². The molecule has 0 unspecified atom stereocenters. The zero-order valence-corrected chi connectivity index (χ0v) is 24.3. The molecule has 4 aromatic carbocycles. The molecule has 0 amide bonds. The highest BCUT2D eigenvalue weighted by molar-refractivity contribution is 5.19. The van der Waals surface area contributed by atoms with Crippen LogP contribution < -0.4 is 0 Å². The van der Waals surface area contributed by atoms with Crippen LogP contribution in [0.5, 0.6) is 0 Å². The molecule has 2 aliphatic rings. The van der Waals surface area contributed by atoms with Gasteiger partial charge in [-0.2, -0.15) is 0 Å². The molecule has 1 aliphatic heterocycles. The first-order valence-electron chi connectivity index (χ1n) is 14.9. The number of fused-ring (bicyclic) bond motifs is 1. The van der Waals surface area contributed by atoms with Crippen molar-refractivity contribution in [3.8, 4) is 0 Å². The summed E-state index contributed by atoms with van der Waals surface area (Å²) in [6.07, 6.45) is 0.580. The first kappa shape index (κ1) is 28.8. The highest BCUT2D eigenvalue weighted by Crippen LogP contribution is 2.60. The van der Waals surface area contributed by atoms with Crippen molar-refractivity contribution in [3.05, 3.63) is 144 Å². The Morgan fingerprint density at radius 3 is 1.64 bits per heavy atom. The minimum absolute atomic E-state index is 0.0606. The van der Waals surface area contributed by atoms with Gasteiger partial charge in [0.2, 0.25) is 5.79 Å². The molecule has 0 radical (unpaired) electrons. The largest absolute Gasteiger partial charge is 0.376 e. The first-order valence-corrected chi connectivity index (χ1v) is 14.9. The zero-order valence-electron chi connectivity index (χ0n) is 24.3. The van der Waals surface area contributed by atoms with Crippen molar-refractivity contribution >= 4 is 0 Å².